The Labute approximate surface area is 131 Å². The second-order valence-electron chi connectivity index (χ2n) is 5.41. The predicted octanol–water partition coefficient (Wildman–Crippen LogP) is -0.345. The van der Waals surface area contributed by atoms with Crippen LogP contribution in [0.5, 0.6) is 0 Å². The number of carboxylic acids is 2. The minimum absolute atomic E-state index is 0.204. The lowest BCUT2D eigenvalue weighted by molar-refractivity contribution is -0.240. The van der Waals surface area contributed by atoms with Gasteiger partial charge in [-0.15, -0.1) is 0 Å². The van der Waals surface area contributed by atoms with Gasteiger partial charge in [0.05, 0.1) is 6.42 Å². The number of carboxylic acid groups (broad SMARTS) is 2. The summed E-state index contributed by atoms with van der Waals surface area (Å²) in [5.74, 6) is -6.97. The zero-order valence-electron chi connectivity index (χ0n) is 12.7. The molecule has 0 aromatic rings. The average Bonchev–Trinajstić information content (AvgIpc) is 2.77. The molecule has 0 unspecified atom stereocenters. The van der Waals surface area contributed by atoms with E-state index >= 15 is 0 Å². The van der Waals surface area contributed by atoms with E-state index in [4.69, 9.17) is 5.11 Å². The van der Waals surface area contributed by atoms with Crippen LogP contribution in [0.4, 0.5) is 0 Å². The van der Waals surface area contributed by atoms with Gasteiger partial charge in [0.25, 0.3) is 0 Å². The van der Waals surface area contributed by atoms with Gasteiger partial charge >= 0.3 is 11.9 Å². The highest BCUT2D eigenvalue weighted by Gasteiger charge is 2.59. The molecule has 0 aliphatic carbocycles. The average molecular weight is 330 g/mol. The summed E-state index contributed by atoms with van der Waals surface area (Å²) in [6, 6.07) is 0. The van der Waals surface area contributed by atoms with Crippen molar-refractivity contribution in [2.24, 2.45) is 5.92 Å². The zero-order valence-corrected chi connectivity index (χ0v) is 12.7. The summed E-state index contributed by atoms with van der Waals surface area (Å²) >= 11 is 0. The molecule has 1 saturated heterocycles. The number of carbonyl (C=O) groups is 5. The largest absolute Gasteiger partial charge is 0.481 e. The molecule has 0 bridgehead atoms. The van der Waals surface area contributed by atoms with Crippen LogP contribution >= 0.6 is 0 Å². The Balaban J connectivity index is 3.31. The highest BCUT2D eigenvalue weighted by Crippen LogP contribution is 2.34. The van der Waals surface area contributed by atoms with E-state index in [9.17, 15) is 34.3 Å². The van der Waals surface area contributed by atoms with Gasteiger partial charge in [-0.1, -0.05) is 13.8 Å². The number of hydroxylamine groups is 2. The van der Waals surface area contributed by atoms with Gasteiger partial charge in [-0.2, -0.15) is 5.06 Å². The van der Waals surface area contributed by atoms with Crippen LogP contribution in [-0.4, -0.2) is 60.7 Å². The Morgan fingerprint density at radius 3 is 1.96 bits per heavy atom. The number of hydrogen-bond acceptors (Lipinski definition) is 6. The van der Waals surface area contributed by atoms with Crippen LogP contribution in [0.3, 0.4) is 0 Å². The molecule has 10 heteroatoms. The highest BCUT2D eigenvalue weighted by atomic mass is 16.5. The van der Waals surface area contributed by atoms with Crippen LogP contribution in [0.2, 0.25) is 0 Å². The van der Waals surface area contributed by atoms with Gasteiger partial charge in [-0.3, -0.25) is 24.4 Å². The quantitative estimate of drug-likeness (QED) is 0.325. The summed E-state index contributed by atoms with van der Waals surface area (Å²) in [4.78, 5) is 58.5. The number of rotatable bonds is 7. The molecule has 1 aliphatic rings. The van der Waals surface area contributed by atoms with Crippen LogP contribution < -0.4 is 0 Å². The van der Waals surface area contributed by atoms with Crippen LogP contribution in [0.25, 0.3) is 0 Å². The van der Waals surface area contributed by atoms with Crippen molar-refractivity contribution >= 4 is 29.7 Å². The first kappa shape index (κ1) is 18.6. The Morgan fingerprint density at radius 2 is 1.61 bits per heavy atom. The van der Waals surface area contributed by atoms with Crippen molar-refractivity contribution in [3.05, 3.63) is 0 Å². The minimum Gasteiger partial charge on any atom is -0.481 e. The summed E-state index contributed by atoms with van der Waals surface area (Å²) in [7, 11) is 0. The van der Waals surface area contributed by atoms with E-state index in [1.165, 1.54) is 13.8 Å². The number of hydrogen-bond donors (Lipinski definition) is 3. The maximum atomic E-state index is 12.0. The van der Waals surface area contributed by atoms with Crippen molar-refractivity contribution in [3.63, 3.8) is 0 Å². The van der Waals surface area contributed by atoms with Gasteiger partial charge in [0.2, 0.25) is 23.4 Å². The third-order valence-corrected chi connectivity index (χ3v) is 3.62. The van der Waals surface area contributed by atoms with E-state index in [1.807, 2.05) is 0 Å². The zero-order chi connectivity index (χ0) is 17.9. The standard InChI is InChI=1S/C13H18N2O8/c1-7(2)13(12(21)22,14-8(16)3-4-9(14)17)15(23)10(18)5-6-11(19)20/h7,23H,3-6H2,1-2H3,(H,19,20)(H,21,22)/t13-/m0/s1. The minimum atomic E-state index is -2.61. The first-order valence-corrected chi connectivity index (χ1v) is 6.89. The summed E-state index contributed by atoms with van der Waals surface area (Å²) in [5.41, 5.74) is -2.61. The number of amides is 3. The predicted molar refractivity (Wildman–Crippen MR) is 71.8 cm³/mol. The molecule has 1 atom stereocenters. The van der Waals surface area contributed by atoms with E-state index < -0.39 is 54.1 Å². The molecule has 0 aromatic carbocycles. The van der Waals surface area contributed by atoms with Gasteiger partial charge in [0, 0.05) is 25.2 Å². The molecule has 10 nitrogen and oxygen atoms in total. The summed E-state index contributed by atoms with van der Waals surface area (Å²) in [6.07, 6.45) is -1.76. The van der Waals surface area contributed by atoms with Crippen LogP contribution in [0.15, 0.2) is 0 Å². The van der Waals surface area contributed by atoms with E-state index in [1.54, 1.807) is 0 Å². The first-order valence-electron chi connectivity index (χ1n) is 6.89. The smallest absolute Gasteiger partial charge is 0.354 e. The van der Waals surface area contributed by atoms with Crippen molar-refractivity contribution < 1.29 is 39.4 Å². The lowest BCUT2D eigenvalue weighted by Crippen LogP contribution is -2.70. The molecule has 128 valence electrons. The molecular formula is C13H18N2O8. The summed E-state index contributed by atoms with van der Waals surface area (Å²) < 4.78 is 0. The molecular weight excluding hydrogens is 312 g/mol. The Hall–Kier alpha value is -2.49. The molecule has 0 radical (unpaired) electrons. The molecule has 1 heterocycles. The van der Waals surface area contributed by atoms with Crippen LogP contribution in [0, 0.1) is 5.92 Å². The fourth-order valence-electron chi connectivity index (χ4n) is 2.50. The lowest BCUT2D eigenvalue weighted by Gasteiger charge is -2.44. The fourth-order valence-corrected chi connectivity index (χ4v) is 2.50. The molecule has 1 fully saturated rings. The fraction of sp³-hybridized carbons (Fsp3) is 0.615. The number of likely N-dealkylation sites (tertiary alicyclic amines) is 1. The molecule has 3 N–H and O–H groups in total. The second kappa shape index (κ2) is 6.73. The normalized spacial score (nSPS) is 17.3. The Bertz CT molecular complexity index is 542. The van der Waals surface area contributed by atoms with Gasteiger partial charge in [-0.05, 0) is 0 Å². The van der Waals surface area contributed by atoms with Crippen LogP contribution in [0.1, 0.15) is 39.5 Å². The number of imide groups is 1. The van der Waals surface area contributed by atoms with Crippen molar-refractivity contribution in [1.29, 1.82) is 0 Å². The second-order valence-corrected chi connectivity index (χ2v) is 5.41. The van der Waals surface area contributed by atoms with Crippen molar-refractivity contribution in [2.45, 2.75) is 45.2 Å². The third-order valence-electron chi connectivity index (χ3n) is 3.62. The Kier molecular flexibility index (Phi) is 5.43. The van der Waals surface area contributed by atoms with Gasteiger partial charge in [0.1, 0.15) is 0 Å². The van der Waals surface area contributed by atoms with Gasteiger partial charge in [-0.25, -0.2) is 9.69 Å². The molecule has 0 spiro atoms. The van der Waals surface area contributed by atoms with E-state index in [-0.39, 0.29) is 17.9 Å². The molecule has 3 amide bonds. The highest BCUT2D eigenvalue weighted by molar-refractivity contribution is 6.07. The number of carbonyl (C=O) groups excluding carboxylic acids is 3. The first-order chi connectivity index (χ1) is 10.6. The SMILES string of the molecule is CC(C)[C@@](C(=O)O)(N(O)C(=O)CCC(=O)O)N1C(=O)CCC1=O. The molecule has 1 aliphatic heterocycles. The van der Waals surface area contributed by atoms with Crippen molar-refractivity contribution in [1.82, 2.24) is 9.96 Å². The van der Waals surface area contributed by atoms with E-state index in [2.05, 4.69) is 0 Å². The summed E-state index contributed by atoms with van der Waals surface area (Å²) in [6.45, 7) is 2.64. The molecule has 23 heavy (non-hydrogen) atoms. The third kappa shape index (κ3) is 3.16. The number of nitrogens with zero attached hydrogens (tertiary/aromatic N) is 2. The van der Waals surface area contributed by atoms with Gasteiger partial charge in [0.15, 0.2) is 0 Å². The molecule has 1 rings (SSSR count). The lowest BCUT2D eigenvalue weighted by atomic mass is 9.92. The van der Waals surface area contributed by atoms with Crippen LogP contribution in [-0.2, 0) is 24.0 Å². The van der Waals surface area contributed by atoms with Crippen molar-refractivity contribution in [3.8, 4) is 0 Å². The van der Waals surface area contributed by atoms with Gasteiger partial charge < -0.3 is 10.2 Å². The number of aliphatic carboxylic acids is 2. The topological polar surface area (TPSA) is 153 Å². The molecule has 0 saturated carbocycles. The van der Waals surface area contributed by atoms with E-state index in [0.717, 1.165) is 0 Å². The maximum absolute atomic E-state index is 12.0. The van der Waals surface area contributed by atoms with E-state index in [0.29, 0.717) is 4.90 Å². The molecule has 0 aromatic heterocycles. The Morgan fingerprint density at radius 1 is 1.13 bits per heavy atom. The van der Waals surface area contributed by atoms with Crippen molar-refractivity contribution in [2.75, 3.05) is 0 Å². The summed E-state index contributed by atoms with van der Waals surface area (Å²) in [5, 5.41) is 28.1. The maximum Gasteiger partial charge on any atom is 0.354 e. The monoisotopic (exact) mass is 330 g/mol.